The maximum atomic E-state index is 9.56. The minimum Gasteiger partial charge on any atom is -0.396 e. The van der Waals surface area contributed by atoms with Gasteiger partial charge in [0.15, 0.2) is 12.6 Å². The Morgan fingerprint density at radius 2 is 0.687 bits per heavy atom. The van der Waals surface area contributed by atoms with Crippen molar-refractivity contribution in [2.45, 2.75) is 285 Å². The second kappa shape index (κ2) is 49.9. The van der Waals surface area contributed by atoms with Gasteiger partial charge < -0.3 is 19.5 Å². The molecule has 0 aromatic rings. The molecule has 10 heteroatoms. The second-order valence-electron chi connectivity index (χ2n) is 20.7. The third-order valence-electron chi connectivity index (χ3n) is 13.1. The van der Waals surface area contributed by atoms with Crippen molar-refractivity contribution in [2.24, 2.45) is 5.92 Å². The van der Waals surface area contributed by atoms with Gasteiger partial charge in [0.25, 0.3) is 0 Å². The Balaban J connectivity index is 5.24. The topological polar surface area (TPSA) is 78.9 Å². The van der Waals surface area contributed by atoms with Gasteiger partial charge in [-0.15, -0.1) is 0 Å². The summed E-state index contributed by atoms with van der Waals surface area (Å²) in [5.74, 6) is 0.624. The number of unbranched alkanes of at least 4 members (excludes halogenated alkanes) is 25. The molecule has 0 aliphatic heterocycles. The van der Waals surface area contributed by atoms with Crippen LogP contribution in [-0.4, -0.2) is 100 Å². The van der Waals surface area contributed by atoms with Gasteiger partial charge in [-0.25, -0.2) is 0 Å². The van der Waals surface area contributed by atoms with E-state index in [0.717, 1.165) is 110 Å². The van der Waals surface area contributed by atoms with Crippen LogP contribution in [0.15, 0.2) is 0 Å². The summed E-state index contributed by atoms with van der Waals surface area (Å²) in [5, 5.41) is 9.56. The molecule has 0 aromatic heterocycles. The molecule has 0 amide bonds. The summed E-state index contributed by atoms with van der Waals surface area (Å²) in [4.78, 5) is 2.64. The number of ether oxygens (including phenoxy) is 2. The van der Waals surface area contributed by atoms with E-state index in [1.807, 2.05) is 0 Å². The van der Waals surface area contributed by atoms with E-state index >= 15 is 0 Å². The molecular formula is C57H121NO7S2. The van der Waals surface area contributed by atoms with E-state index in [9.17, 15) is 5.11 Å². The molecule has 0 fully saturated rings. The first-order valence-corrected chi connectivity index (χ1v) is 33.8. The zero-order chi connectivity index (χ0) is 49.4. The largest absolute Gasteiger partial charge is 0.396 e. The normalized spacial score (nSPS) is 14.3. The molecular weight excluding hydrogens is 875 g/mol. The predicted octanol–water partition coefficient (Wildman–Crippen LogP) is 18.0. The fraction of sp³-hybridized carbons (Fsp3) is 1.00. The van der Waals surface area contributed by atoms with Gasteiger partial charge in [-0.2, -0.15) is 21.2 Å². The molecule has 67 heavy (non-hydrogen) atoms. The lowest BCUT2D eigenvalue weighted by Gasteiger charge is -2.39. The maximum Gasteiger partial charge on any atom is 0.180 e. The van der Waals surface area contributed by atoms with Crippen molar-refractivity contribution in [3.05, 3.63) is 0 Å². The fourth-order valence-electron chi connectivity index (χ4n) is 8.77. The first kappa shape index (κ1) is 67.4. The van der Waals surface area contributed by atoms with Crippen LogP contribution in [0.2, 0.25) is 0 Å². The molecule has 0 aliphatic rings. The average Bonchev–Trinajstić information content (AvgIpc) is 3.30. The van der Waals surface area contributed by atoms with Crippen molar-refractivity contribution in [1.29, 1.82) is 0 Å². The van der Waals surface area contributed by atoms with Crippen LogP contribution in [0.4, 0.5) is 0 Å². The number of hydrogen-bond acceptors (Lipinski definition) is 8. The van der Waals surface area contributed by atoms with Crippen LogP contribution in [0.1, 0.15) is 272 Å². The second-order valence-corrected chi connectivity index (χ2v) is 26.1. The first-order chi connectivity index (χ1) is 32.6. The lowest BCUT2D eigenvalue weighted by Crippen LogP contribution is -2.28. The van der Waals surface area contributed by atoms with E-state index in [-0.39, 0.29) is 19.2 Å². The van der Waals surface area contributed by atoms with Crippen LogP contribution in [0, 0.1) is 5.92 Å². The van der Waals surface area contributed by atoms with Crippen molar-refractivity contribution in [3.63, 3.8) is 0 Å². The van der Waals surface area contributed by atoms with E-state index in [4.69, 9.17) is 26.2 Å². The quantitative estimate of drug-likeness (QED) is 0.0477. The molecule has 0 saturated heterocycles. The highest BCUT2D eigenvalue weighted by Gasteiger charge is 2.22. The van der Waals surface area contributed by atoms with E-state index in [0.29, 0.717) is 5.92 Å². The van der Waals surface area contributed by atoms with Crippen LogP contribution in [0.3, 0.4) is 0 Å². The van der Waals surface area contributed by atoms with E-state index < -0.39 is 21.2 Å². The van der Waals surface area contributed by atoms with Gasteiger partial charge in [0.1, 0.15) is 0 Å². The fourth-order valence-corrected chi connectivity index (χ4v) is 11.3. The van der Waals surface area contributed by atoms with Gasteiger partial charge in [0.2, 0.25) is 0 Å². The summed E-state index contributed by atoms with van der Waals surface area (Å²) in [6.45, 7) is 18.1. The third kappa shape index (κ3) is 47.2. The minimum absolute atomic E-state index is 0.194. The van der Waals surface area contributed by atoms with Gasteiger partial charge in [-0.1, -0.05) is 189 Å². The van der Waals surface area contributed by atoms with Gasteiger partial charge in [0.05, 0.1) is 13.2 Å². The number of rotatable bonds is 56. The van der Waals surface area contributed by atoms with Crippen LogP contribution in [0.5, 0.6) is 0 Å². The van der Waals surface area contributed by atoms with Crippen molar-refractivity contribution < 1.29 is 31.3 Å². The SMILES string of the molecule is CCCCCCCCOC(CCCCCN(CCCCO)CCCCCC(OCCCCCCCC)OS(C)(C)OCC(CCCCCC)CCCCCCCC)OS(C)(C)OCCCCC. The first-order valence-electron chi connectivity index (χ1n) is 29.2. The van der Waals surface area contributed by atoms with Crippen molar-refractivity contribution in [2.75, 3.05) is 77.7 Å². The zero-order valence-electron chi connectivity index (χ0n) is 46.7. The Kier molecular flexibility index (Phi) is 50.2. The highest BCUT2D eigenvalue weighted by Crippen LogP contribution is 2.46. The number of aliphatic hydroxyl groups is 1. The molecule has 0 aliphatic carbocycles. The van der Waals surface area contributed by atoms with Crippen LogP contribution in [-0.2, 0) is 26.2 Å². The standard InChI is InChI=1S/C57H121NO7S2/c1-10-15-20-24-27-33-44-55(43-32-23-18-13-4)54-63-67(8,9)65-57(61-52-42-29-26-22-17-12-3)46-35-31-37-48-58(49-38-39-50-59)47-36-30-34-45-56(60-51-41-28-25-21-16-11-2)64-66(6,7)62-53-40-19-14-5/h55-57,59H,10-54H2,1-9H3. The Morgan fingerprint density at radius 1 is 0.358 bits per heavy atom. The van der Waals surface area contributed by atoms with Gasteiger partial charge in [-0.05, 0) is 96.2 Å². The Morgan fingerprint density at radius 3 is 1.13 bits per heavy atom. The molecule has 0 radical (unpaired) electrons. The average molecular weight is 997 g/mol. The molecule has 408 valence electrons. The Hall–Kier alpha value is 0.380. The lowest BCUT2D eigenvalue weighted by molar-refractivity contribution is -0.0850. The van der Waals surface area contributed by atoms with Crippen molar-refractivity contribution in [1.82, 2.24) is 4.90 Å². The predicted molar refractivity (Wildman–Crippen MR) is 299 cm³/mol. The zero-order valence-corrected chi connectivity index (χ0v) is 48.3. The molecule has 0 heterocycles. The van der Waals surface area contributed by atoms with Gasteiger partial charge in [-0.3, -0.25) is 16.7 Å². The van der Waals surface area contributed by atoms with Crippen LogP contribution >= 0.6 is 21.2 Å². The molecule has 8 nitrogen and oxygen atoms in total. The summed E-state index contributed by atoms with van der Waals surface area (Å²) < 4.78 is 39.3. The molecule has 1 N–H and O–H groups in total. The summed E-state index contributed by atoms with van der Waals surface area (Å²) in [7, 11) is -3.31. The van der Waals surface area contributed by atoms with Crippen LogP contribution in [0.25, 0.3) is 0 Å². The third-order valence-corrected chi connectivity index (χ3v) is 15.9. The smallest absolute Gasteiger partial charge is 0.180 e. The highest BCUT2D eigenvalue weighted by molar-refractivity contribution is 8.25. The van der Waals surface area contributed by atoms with Crippen molar-refractivity contribution >= 4 is 21.2 Å². The Bertz CT molecular complexity index is 979. The minimum atomic E-state index is -1.70. The molecule has 0 spiro atoms. The molecule has 3 unspecified atom stereocenters. The maximum absolute atomic E-state index is 9.56. The van der Waals surface area contributed by atoms with E-state index in [1.54, 1.807) is 0 Å². The highest BCUT2D eigenvalue weighted by atomic mass is 32.3. The molecule has 0 bridgehead atoms. The molecule has 0 rings (SSSR count). The summed E-state index contributed by atoms with van der Waals surface area (Å²) in [6, 6.07) is 0. The Labute approximate surface area is 423 Å². The number of aliphatic hydroxyl groups excluding tert-OH is 1. The molecule has 3 atom stereocenters. The molecule has 0 saturated carbocycles. The number of hydrogen-bond donors (Lipinski definition) is 1. The van der Waals surface area contributed by atoms with Crippen molar-refractivity contribution in [3.8, 4) is 0 Å². The monoisotopic (exact) mass is 996 g/mol. The summed E-state index contributed by atoms with van der Waals surface area (Å²) >= 11 is 0. The number of nitrogens with zero attached hydrogens (tertiary/aromatic N) is 1. The van der Waals surface area contributed by atoms with Gasteiger partial charge >= 0.3 is 0 Å². The summed E-state index contributed by atoms with van der Waals surface area (Å²) in [6.07, 6.45) is 53.5. The van der Waals surface area contributed by atoms with Gasteiger partial charge in [0, 0.05) is 57.7 Å². The molecule has 0 aromatic carbocycles. The van der Waals surface area contributed by atoms with E-state index in [2.05, 4.69) is 64.5 Å². The van der Waals surface area contributed by atoms with E-state index in [1.165, 1.54) is 173 Å². The summed E-state index contributed by atoms with van der Waals surface area (Å²) in [5.41, 5.74) is 0. The lowest BCUT2D eigenvalue weighted by atomic mass is 9.95. The van der Waals surface area contributed by atoms with Crippen LogP contribution < -0.4 is 0 Å².